The Bertz CT molecular complexity index is 402. The molecular weight excluding hydrogens is 209 g/mol. The summed E-state index contributed by atoms with van der Waals surface area (Å²) >= 11 is 0. The Kier molecular flexibility index (Phi) is 3.08. The average molecular weight is 223 g/mol. The number of hydrogen-bond donors (Lipinski definition) is 1. The lowest BCUT2D eigenvalue weighted by Crippen LogP contribution is -2.25. The van der Waals surface area contributed by atoms with Crippen LogP contribution in [-0.4, -0.2) is 19.6 Å². The molecule has 1 fully saturated rings. The maximum absolute atomic E-state index is 13.3. The molecule has 1 aromatic rings. The summed E-state index contributed by atoms with van der Waals surface area (Å²) in [7, 11) is 1.39. The number of carbonyl (C=O) groups excluding carboxylic acids is 1. The second-order valence-electron chi connectivity index (χ2n) is 4.00. The van der Waals surface area contributed by atoms with Crippen LogP contribution in [0.3, 0.4) is 0 Å². The Balaban J connectivity index is 2.01. The van der Waals surface area contributed by atoms with Gasteiger partial charge in [0, 0.05) is 12.1 Å². The topological polar surface area (TPSA) is 38.3 Å². The smallest absolute Gasteiger partial charge is 0.251 e. The van der Waals surface area contributed by atoms with Crippen LogP contribution in [0.5, 0.6) is 5.75 Å². The van der Waals surface area contributed by atoms with Gasteiger partial charge in [0.05, 0.1) is 7.11 Å². The van der Waals surface area contributed by atoms with E-state index in [-0.39, 0.29) is 11.7 Å². The van der Waals surface area contributed by atoms with Crippen molar-refractivity contribution in [1.29, 1.82) is 0 Å². The molecule has 0 unspecified atom stereocenters. The molecule has 0 spiro atoms. The van der Waals surface area contributed by atoms with Gasteiger partial charge in [0.25, 0.3) is 5.91 Å². The van der Waals surface area contributed by atoms with Crippen molar-refractivity contribution in [2.75, 3.05) is 13.7 Å². The van der Waals surface area contributed by atoms with Gasteiger partial charge < -0.3 is 10.1 Å². The number of nitrogens with one attached hydrogen (secondary N) is 1. The lowest BCUT2D eigenvalue weighted by molar-refractivity contribution is 0.0951. The fourth-order valence-corrected chi connectivity index (χ4v) is 1.47. The molecule has 1 aliphatic rings. The predicted molar refractivity (Wildman–Crippen MR) is 58.0 cm³/mol. The maximum Gasteiger partial charge on any atom is 0.251 e. The van der Waals surface area contributed by atoms with Crippen LogP contribution in [0.2, 0.25) is 0 Å². The van der Waals surface area contributed by atoms with E-state index in [0.717, 1.165) is 0 Å². The molecule has 0 saturated heterocycles. The van der Waals surface area contributed by atoms with E-state index in [4.69, 9.17) is 4.74 Å². The number of carbonyl (C=O) groups is 1. The van der Waals surface area contributed by atoms with Crippen LogP contribution in [0.15, 0.2) is 18.2 Å². The molecule has 4 heteroatoms. The van der Waals surface area contributed by atoms with E-state index >= 15 is 0 Å². The molecule has 0 heterocycles. The summed E-state index contributed by atoms with van der Waals surface area (Å²) < 4.78 is 18.1. The molecule has 0 atom stereocenters. The number of rotatable bonds is 4. The van der Waals surface area contributed by atoms with Crippen LogP contribution in [0, 0.1) is 11.7 Å². The van der Waals surface area contributed by atoms with Crippen molar-refractivity contribution < 1.29 is 13.9 Å². The highest BCUT2D eigenvalue weighted by Gasteiger charge is 2.22. The summed E-state index contributed by atoms with van der Waals surface area (Å²) in [5, 5.41) is 2.78. The van der Waals surface area contributed by atoms with Crippen LogP contribution < -0.4 is 10.1 Å². The SMILES string of the molecule is COc1ccc(C(=O)NCC2CC2)cc1F. The molecule has 1 aromatic carbocycles. The zero-order valence-electron chi connectivity index (χ0n) is 9.13. The minimum absolute atomic E-state index is 0.152. The van der Waals surface area contributed by atoms with Crippen molar-refractivity contribution in [1.82, 2.24) is 5.32 Å². The fraction of sp³-hybridized carbons (Fsp3) is 0.417. The summed E-state index contributed by atoms with van der Waals surface area (Å²) in [5.41, 5.74) is 0.332. The maximum atomic E-state index is 13.3. The third kappa shape index (κ3) is 2.51. The molecule has 86 valence electrons. The van der Waals surface area contributed by atoms with E-state index in [1.165, 1.54) is 32.1 Å². The first kappa shape index (κ1) is 10.9. The van der Waals surface area contributed by atoms with Gasteiger partial charge >= 0.3 is 0 Å². The normalized spacial score (nSPS) is 14.6. The zero-order chi connectivity index (χ0) is 11.5. The van der Waals surface area contributed by atoms with Gasteiger partial charge in [0.1, 0.15) is 0 Å². The fourth-order valence-electron chi connectivity index (χ4n) is 1.47. The first-order chi connectivity index (χ1) is 7.70. The van der Waals surface area contributed by atoms with Gasteiger partial charge in [-0.05, 0) is 37.0 Å². The molecule has 0 aliphatic heterocycles. The Labute approximate surface area is 93.6 Å². The third-order valence-corrected chi connectivity index (χ3v) is 2.66. The largest absolute Gasteiger partial charge is 0.494 e. The Morgan fingerprint density at radius 3 is 2.88 bits per heavy atom. The minimum atomic E-state index is -0.512. The number of halogens is 1. The quantitative estimate of drug-likeness (QED) is 0.847. The van der Waals surface area contributed by atoms with E-state index in [1.54, 1.807) is 6.07 Å². The van der Waals surface area contributed by atoms with Gasteiger partial charge in [-0.15, -0.1) is 0 Å². The Morgan fingerprint density at radius 2 is 2.31 bits per heavy atom. The second kappa shape index (κ2) is 4.51. The number of hydrogen-bond acceptors (Lipinski definition) is 2. The van der Waals surface area contributed by atoms with Gasteiger partial charge in [0.15, 0.2) is 11.6 Å². The number of ether oxygens (including phenoxy) is 1. The van der Waals surface area contributed by atoms with Crippen molar-refractivity contribution in [2.24, 2.45) is 5.92 Å². The molecule has 1 saturated carbocycles. The van der Waals surface area contributed by atoms with Gasteiger partial charge in [0.2, 0.25) is 0 Å². The first-order valence-corrected chi connectivity index (χ1v) is 5.32. The Morgan fingerprint density at radius 1 is 1.56 bits per heavy atom. The van der Waals surface area contributed by atoms with Crippen LogP contribution in [0.25, 0.3) is 0 Å². The molecule has 1 N–H and O–H groups in total. The van der Waals surface area contributed by atoms with Gasteiger partial charge in [-0.3, -0.25) is 4.79 Å². The van der Waals surface area contributed by atoms with E-state index in [1.807, 2.05) is 0 Å². The van der Waals surface area contributed by atoms with Gasteiger partial charge in [-0.2, -0.15) is 0 Å². The number of amides is 1. The van der Waals surface area contributed by atoms with Crippen LogP contribution >= 0.6 is 0 Å². The Hall–Kier alpha value is -1.58. The van der Waals surface area contributed by atoms with Crippen LogP contribution in [-0.2, 0) is 0 Å². The zero-order valence-corrected chi connectivity index (χ0v) is 9.13. The van der Waals surface area contributed by atoms with Crippen molar-refractivity contribution in [3.8, 4) is 5.75 Å². The van der Waals surface area contributed by atoms with Crippen molar-refractivity contribution in [2.45, 2.75) is 12.8 Å². The minimum Gasteiger partial charge on any atom is -0.494 e. The summed E-state index contributed by atoms with van der Waals surface area (Å²) in [4.78, 5) is 11.6. The molecule has 0 radical (unpaired) electrons. The van der Waals surface area contributed by atoms with E-state index in [0.29, 0.717) is 18.0 Å². The summed E-state index contributed by atoms with van der Waals surface area (Å²) in [6.07, 6.45) is 2.36. The molecule has 0 aromatic heterocycles. The molecule has 0 bridgehead atoms. The summed E-state index contributed by atoms with van der Waals surface area (Å²) in [6, 6.07) is 4.21. The predicted octanol–water partition coefficient (Wildman–Crippen LogP) is 1.97. The standard InChI is InChI=1S/C12H14FNO2/c1-16-11-5-4-9(6-10(11)13)12(15)14-7-8-2-3-8/h4-6,8H,2-3,7H2,1H3,(H,14,15). The van der Waals surface area contributed by atoms with Crippen LogP contribution in [0.1, 0.15) is 23.2 Å². The highest BCUT2D eigenvalue weighted by atomic mass is 19.1. The summed E-state index contributed by atoms with van der Waals surface area (Å²) in [5.74, 6) is 0.0285. The van der Waals surface area contributed by atoms with Crippen molar-refractivity contribution >= 4 is 5.91 Å². The van der Waals surface area contributed by atoms with E-state index < -0.39 is 5.82 Å². The second-order valence-corrected chi connectivity index (χ2v) is 4.00. The first-order valence-electron chi connectivity index (χ1n) is 5.32. The molecule has 3 nitrogen and oxygen atoms in total. The average Bonchev–Trinajstić information content (AvgIpc) is 3.09. The summed E-state index contributed by atoms with van der Waals surface area (Å²) in [6.45, 7) is 0.687. The van der Waals surface area contributed by atoms with Crippen molar-refractivity contribution in [3.63, 3.8) is 0 Å². The number of methoxy groups -OCH3 is 1. The van der Waals surface area contributed by atoms with E-state index in [9.17, 15) is 9.18 Å². The molecule has 1 amide bonds. The molecular formula is C12H14FNO2. The molecule has 1 aliphatic carbocycles. The molecule has 16 heavy (non-hydrogen) atoms. The highest BCUT2D eigenvalue weighted by Crippen LogP contribution is 2.27. The monoisotopic (exact) mass is 223 g/mol. The number of benzene rings is 1. The van der Waals surface area contributed by atoms with Gasteiger partial charge in [-0.25, -0.2) is 4.39 Å². The van der Waals surface area contributed by atoms with Crippen molar-refractivity contribution in [3.05, 3.63) is 29.6 Å². The van der Waals surface area contributed by atoms with Crippen LogP contribution in [0.4, 0.5) is 4.39 Å². The lowest BCUT2D eigenvalue weighted by atomic mass is 10.2. The lowest BCUT2D eigenvalue weighted by Gasteiger charge is -2.06. The molecule has 2 rings (SSSR count). The van der Waals surface area contributed by atoms with Gasteiger partial charge in [-0.1, -0.05) is 0 Å². The third-order valence-electron chi connectivity index (χ3n) is 2.66. The van der Waals surface area contributed by atoms with E-state index in [2.05, 4.69) is 5.32 Å². The highest BCUT2D eigenvalue weighted by molar-refractivity contribution is 5.94.